The Morgan fingerprint density at radius 1 is 1.31 bits per heavy atom. The third-order valence-corrected chi connectivity index (χ3v) is 3.38. The van der Waals surface area contributed by atoms with Crippen molar-refractivity contribution < 1.29 is 9.53 Å². The Kier molecular flexibility index (Phi) is 4.18. The summed E-state index contributed by atoms with van der Waals surface area (Å²) in [5, 5.41) is 3.28. The Morgan fingerprint density at radius 2 is 2.00 bits per heavy atom. The number of likely N-dealkylation sites (N-methyl/N-ethyl adjacent to an activating group) is 1. The highest BCUT2D eigenvalue weighted by Gasteiger charge is 2.25. The fourth-order valence-corrected chi connectivity index (χ4v) is 2.05. The minimum absolute atomic E-state index is 0.130. The number of nitrogens with one attached hydrogen (secondary N) is 1. The van der Waals surface area contributed by atoms with E-state index in [1.165, 1.54) is 12.8 Å². The SMILES string of the molecule is CN(CC1CC1)C(=O)COC1CCNCC1. The number of carbonyl (C=O) groups is 1. The van der Waals surface area contributed by atoms with E-state index in [1.807, 2.05) is 11.9 Å². The van der Waals surface area contributed by atoms with Crippen molar-refractivity contribution in [3.63, 3.8) is 0 Å². The average Bonchev–Trinajstić information content (AvgIpc) is 3.11. The first kappa shape index (κ1) is 11.9. The summed E-state index contributed by atoms with van der Waals surface area (Å²) in [6.45, 7) is 3.19. The van der Waals surface area contributed by atoms with Crippen molar-refractivity contribution >= 4 is 5.91 Å². The third-order valence-electron chi connectivity index (χ3n) is 3.38. The van der Waals surface area contributed by atoms with Crippen LogP contribution in [0.2, 0.25) is 0 Å². The lowest BCUT2D eigenvalue weighted by molar-refractivity contribution is -0.137. The molecule has 4 heteroatoms. The average molecular weight is 226 g/mol. The van der Waals surface area contributed by atoms with Crippen molar-refractivity contribution in [3.05, 3.63) is 0 Å². The van der Waals surface area contributed by atoms with Crippen molar-refractivity contribution in [2.45, 2.75) is 31.8 Å². The number of nitrogens with zero attached hydrogens (tertiary/aromatic N) is 1. The largest absolute Gasteiger partial charge is 0.368 e. The third kappa shape index (κ3) is 3.76. The van der Waals surface area contributed by atoms with Gasteiger partial charge in [0, 0.05) is 13.6 Å². The second-order valence-electron chi connectivity index (χ2n) is 4.98. The molecule has 1 aliphatic carbocycles. The second-order valence-corrected chi connectivity index (χ2v) is 4.98. The van der Waals surface area contributed by atoms with Gasteiger partial charge < -0.3 is 15.0 Å². The summed E-state index contributed by atoms with van der Waals surface area (Å²) in [6.07, 6.45) is 4.90. The van der Waals surface area contributed by atoms with E-state index >= 15 is 0 Å². The first-order chi connectivity index (χ1) is 7.75. The molecule has 1 saturated heterocycles. The number of rotatable bonds is 5. The maximum Gasteiger partial charge on any atom is 0.248 e. The van der Waals surface area contributed by atoms with Crippen molar-refractivity contribution in [1.82, 2.24) is 10.2 Å². The molecule has 1 N–H and O–H groups in total. The maximum absolute atomic E-state index is 11.7. The highest BCUT2D eigenvalue weighted by Crippen LogP contribution is 2.29. The van der Waals surface area contributed by atoms with Gasteiger partial charge in [-0.15, -0.1) is 0 Å². The number of ether oxygens (including phenoxy) is 1. The zero-order valence-corrected chi connectivity index (χ0v) is 10.1. The number of hydrogen-bond acceptors (Lipinski definition) is 3. The summed E-state index contributed by atoms with van der Waals surface area (Å²) in [5.74, 6) is 0.887. The van der Waals surface area contributed by atoms with Crippen LogP contribution >= 0.6 is 0 Å². The van der Waals surface area contributed by atoms with Crippen LogP contribution in [0.5, 0.6) is 0 Å². The normalized spacial score (nSPS) is 22.1. The quantitative estimate of drug-likeness (QED) is 0.747. The van der Waals surface area contributed by atoms with Crippen molar-refractivity contribution in [1.29, 1.82) is 0 Å². The van der Waals surface area contributed by atoms with E-state index in [-0.39, 0.29) is 18.6 Å². The molecule has 0 atom stereocenters. The van der Waals surface area contributed by atoms with Gasteiger partial charge in [-0.25, -0.2) is 0 Å². The van der Waals surface area contributed by atoms with Crippen LogP contribution in [0.15, 0.2) is 0 Å². The first-order valence-corrected chi connectivity index (χ1v) is 6.32. The van der Waals surface area contributed by atoms with E-state index in [0.29, 0.717) is 0 Å². The van der Waals surface area contributed by atoms with Crippen LogP contribution in [0.3, 0.4) is 0 Å². The number of piperidine rings is 1. The summed E-state index contributed by atoms with van der Waals surface area (Å²) in [7, 11) is 1.88. The Bertz CT molecular complexity index is 235. The Labute approximate surface area is 97.3 Å². The number of carbonyl (C=O) groups excluding carboxylic acids is 1. The van der Waals surface area contributed by atoms with Crippen molar-refractivity contribution in [3.8, 4) is 0 Å². The van der Waals surface area contributed by atoms with E-state index in [4.69, 9.17) is 4.74 Å². The molecule has 2 aliphatic rings. The van der Waals surface area contributed by atoms with Gasteiger partial charge in [-0.2, -0.15) is 0 Å². The molecule has 2 rings (SSSR count). The lowest BCUT2D eigenvalue weighted by atomic mass is 10.1. The number of amides is 1. The van der Waals surface area contributed by atoms with Gasteiger partial charge in [0.1, 0.15) is 6.61 Å². The Morgan fingerprint density at radius 3 is 2.62 bits per heavy atom. The fraction of sp³-hybridized carbons (Fsp3) is 0.917. The van der Waals surface area contributed by atoms with Crippen LogP contribution in [-0.4, -0.2) is 50.2 Å². The first-order valence-electron chi connectivity index (χ1n) is 6.32. The summed E-state index contributed by atoms with van der Waals surface area (Å²) in [5.41, 5.74) is 0. The zero-order valence-electron chi connectivity index (χ0n) is 10.1. The predicted octanol–water partition coefficient (Wildman–Crippen LogP) is 0.623. The molecular weight excluding hydrogens is 204 g/mol. The molecule has 2 fully saturated rings. The molecule has 0 aromatic rings. The predicted molar refractivity (Wildman–Crippen MR) is 62.2 cm³/mol. The van der Waals surface area contributed by atoms with E-state index < -0.39 is 0 Å². The lowest BCUT2D eigenvalue weighted by Gasteiger charge is -2.24. The minimum Gasteiger partial charge on any atom is -0.368 e. The van der Waals surface area contributed by atoms with E-state index in [9.17, 15) is 4.79 Å². The molecule has 1 heterocycles. The van der Waals surface area contributed by atoms with Gasteiger partial charge in [-0.1, -0.05) is 0 Å². The molecule has 1 saturated carbocycles. The van der Waals surface area contributed by atoms with Crippen LogP contribution < -0.4 is 5.32 Å². The standard InChI is InChI=1S/C12H22N2O2/c1-14(8-10-2-3-10)12(15)9-16-11-4-6-13-7-5-11/h10-11,13H,2-9H2,1H3. The fourth-order valence-electron chi connectivity index (χ4n) is 2.05. The monoisotopic (exact) mass is 226 g/mol. The van der Waals surface area contributed by atoms with Crippen LogP contribution in [0.1, 0.15) is 25.7 Å². The van der Waals surface area contributed by atoms with Crippen LogP contribution in [0.25, 0.3) is 0 Å². The zero-order chi connectivity index (χ0) is 11.4. The van der Waals surface area contributed by atoms with Crippen LogP contribution in [0.4, 0.5) is 0 Å². The highest BCUT2D eigenvalue weighted by molar-refractivity contribution is 5.77. The highest BCUT2D eigenvalue weighted by atomic mass is 16.5. The van der Waals surface area contributed by atoms with Gasteiger partial charge in [-0.3, -0.25) is 4.79 Å². The Hall–Kier alpha value is -0.610. The molecule has 0 radical (unpaired) electrons. The molecule has 0 unspecified atom stereocenters. The lowest BCUT2D eigenvalue weighted by Crippen LogP contribution is -2.37. The summed E-state index contributed by atoms with van der Waals surface area (Å²) >= 11 is 0. The molecule has 4 nitrogen and oxygen atoms in total. The second kappa shape index (κ2) is 5.64. The molecule has 16 heavy (non-hydrogen) atoms. The molecular formula is C12H22N2O2. The van der Waals surface area contributed by atoms with Crippen LogP contribution in [-0.2, 0) is 9.53 Å². The van der Waals surface area contributed by atoms with E-state index in [1.54, 1.807) is 0 Å². The van der Waals surface area contributed by atoms with Gasteiger partial charge in [0.2, 0.25) is 5.91 Å². The van der Waals surface area contributed by atoms with Gasteiger partial charge in [0.05, 0.1) is 6.10 Å². The van der Waals surface area contributed by atoms with E-state index in [2.05, 4.69) is 5.32 Å². The molecule has 1 amide bonds. The summed E-state index contributed by atoms with van der Waals surface area (Å²) in [6, 6.07) is 0. The molecule has 0 bridgehead atoms. The van der Waals surface area contributed by atoms with Gasteiger partial charge in [0.15, 0.2) is 0 Å². The Balaban J connectivity index is 1.61. The number of hydrogen-bond donors (Lipinski definition) is 1. The molecule has 1 aliphatic heterocycles. The smallest absolute Gasteiger partial charge is 0.248 e. The molecule has 92 valence electrons. The van der Waals surface area contributed by atoms with Gasteiger partial charge in [0.25, 0.3) is 0 Å². The van der Waals surface area contributed by atoms with Crippen molar-refractivity contribution in [2.75, 3.05) is 33.3 Å². The van der Waals surface area contributed by atoms with Crippen LogP contribution in [0, 0.1) is 5.92 Å². The summed E-state index contributed by atoms with van der Waals surface area (Å²) < 4.78 is 5.64. The van der Waals surface area contributed by atoms with E-state index in [0.717, 1.165) is 38.4 Å². The van der Waals surface area contributed by atoms with Gasteiger partial charge in [-0.05, 0) is 44.7 Å². The molecule has 0 aromatic carbocycles. The molecule has 0 spiro atoms. The summed E-state index contributed by atoms with van der Waals surface area (Å²) in [4.78, 5) is 13.6. The maximum atomic E-state index is 11.7. The van der Waals surface area contributed by atoms with Crippen molar-refractivity contribution in [2.24, 2.45) is 5.92 Å². The van der Waals surface area contributed by atoms with Gasteiger partial charge >= 0.3 is 0 Å². The minimum atomic E-state index is 0.130. The topological polar surface area (TPSA) is 41.6 Å². The molecule has 0 aromatic heterocycles.